The summed E-state index contributed by atoms with van der Waals surface area (Å²) in [5.74, 6) is -0.206. The Balaban J connectivity index is 3.21. The number of hydrogen-bond acceptors (Lipinski definition) is 2. The lowest BCUT2D eigenvalue weighted by molar-refractivity contribution is -0.140. The molecule has 0 saturated heterocycles. The van der Waals surface area contributed by atoms with Crippen molar-refractivity contribution < 1.29 is 9.53 Å². The molecule has 0 bridgehead atoms. The summed E-state index contributed by atoms with van der Waals surface area (Å²) < 4.78 is 4.82. The molecule has 18 heavy (non-hydrogen) atoms. The summed E-state index contributed by atoms with van der Waals surface area (Å²) in [6.07, 6.45) is 18.4. The molecule has 2 heteroatoms. The van der Waals surface area contributed by atoms with Crippen molar-refractivity contribution in [1.29, 1.82) is 0 Å². The van der Waals surface area contributed by atoms with Gasteiger partial charge in [0.25, 0.3) is 0 Å². The fraction of sp³-hybridized carbons (Fsp3) is 0.688. The molecule has 0 spiro atoms. The summed E-state index contributed by atoms with van der Waals surface area (Å²) in [4.78, 5) is 10.5. The lowest BCUT2D eigenvalue weighted by atomic mass is 10.1. The summed E-state index contributed by atoms with van der Waals surface area (Å²) in [6, 6.07) is 0. The summed E-state index contributed by atoms with van der Waals surface area (Å²) in [5.41, 5.74) is 0. The molecule has 0 saturated carbocycles. The average Bonchev–Trinajstić information content (AvgIpc) is 2.34. The maximum absolute atomic E-state index is 10.5. The topological polar surface area (TPSA) is 26.3 Å². The third-order valence-corrected chi connectivity index (χ3v) is 2.70. The minimum absolute atomic E-state index is 0.206. The SMILES string of the molecule is CCCCCCCC/C=C/C=C/CCOC(C)=O. The van der Waals surface area contributed by atoms with Crippen molar-refractivity contribution >= 4 is 5.97 Å². The number of rotatable bonds is 11. The standard InChI is InChI=1S/C16H28O2/c1-3-4-5-6-7-8-9-10-11-12-13-14-15-18-16(2)17/h10-13H,3-9,14-15H2,1-2H3/b11-10+,13-12+. The number of hydrogen-bond donors (Lipinski definition) is 0. The fourth-order valence-electron chi connectivity index (χ4n) is 1.66. The van der Waals surface area contributed by atoms with E-state index in [1.165, 1.54) is 51.9 Å². The van der Waals surface area contributed by atoms with E-state index in [1.54, 1.807) is 0 Å². The monoisotopic (exact) mass is 252 g/mol. The summed E-state index contributed by atoms with van der Waals surface area (Å²) in [5, 5.41) is 0. The van der Waals surface area contributed by atoms with Gasteiger partial charge in [-0.3, -0.25) is 4.79 Å². The average molecular weight is 252 g/mol. The minimum atomic E-state index is -0.206. The normalized spacial score (nSPS) is 11.4. The second kappa shape index (κ2) is 14.0. The number of allylic oxidation sites excluding steroid dienone is 3. The van der Waals surface area contributed by atoms with Crippen LogP contribution in [0.3, 0.4) is 0 Å². The molecule has 0 fully saturated rings. The highest BCUT2D eigenvalue weighted by Gasteiger charge is 1.88. The molecule has 0 amide bonds. The molecule has 0 aliphatic rings. The fourth-order valence-corrected chi connectivity index (χ4v) is 1.66. The van der Waals surface area contributed by atoms with Gasteiger partial charge in [-0.15, -0.1) is 0 Å². The quantitative estimate of drug-likeness (QED) is 0.300. The van der Waals surface area contributed by atoms with Crippen LogP contribution in [0.2, 0.25) is 0 Å². The molecule has 104 valence electrons. The van der Waals surface area contributed by atoms with Crippen LogP contribution < -0.4 is 0 Å². The zero-order valence-electron chi connectivity index (χ0n) is 12.0. The maximum Gasteiger partial charge on any atom is 0.302 e. The third-order valence-electron chi connectivity index (χ3n) is 2.70. The van der Waals surface area contributed by atoms with Gasteiger partial charge >= 0.3 is 5.97 Å². The zero-order chi connectivity index (χ0) is 13.5. The Morgan fingerprint density at radius 1 is 0.944 bits per heavy atom. The maximum atomic E-state index is 10.5. The van der Waals surface area contributed by atoms with E-state index in [4.69, 9.17) is 4.74 Å². The summed E-state index contributed by atoms with van der Waals surface area (Å²) in [7, 11) is 0. The van der Waals surface area contributed by atoms with Crippen LogP contribution in [0.5, 0.6) is 0 Å². The van der Waals surface area contributed by atoms with Gasteiger partial charge < -0.3 is 4.74 Å². The molecular weight excluding hydrogens is 224 g/mol. The Morgan fingerprint density at radius 2 is 1.56 bits per heavy atom. The van der Waals surface area contributed by atoms with Gasteiger partial charge in [0, 0.05) is 6.92 Å². The van der Waals surface area contributed by atoms with E-state index in [0.29, 0.717) is 6.61 Å². The Bertz CT molecular complexity index is 241. The van der Waals surface area contributed by atoms with Crippen LogP contribution in [0.15, 0.2) is 24.3 Å². The molecule has 0 radical (unpaired) electrons. The molecule has 0 aliphatic carbocycles. The molecule has 0 atom stereocenters. The second-order valence-corrected chi connectivity index (χ2v) is 4.54. The number of unbranched alkanes of at least 4 members (excludes halogenated alkanes) is 6. The molecule has 0 rings (SSSR count). The van der Waals surface area contributed by atoms with Crippen molar-refractivity contribution in [3.63, 3.8) is 0 Å². The first-order valence-electron chi connectivity index (χ1n) is 7.22. The number of carbonyl (C=O) groups is 1. The van der Waals surface area contributed by atoms with Gasteiger partial charge in [0.1, 0.15) is 0 Å². The predicted molar refractivity (Wildman–Crippen MR) is 77.5 cm³/mol. The zero-order valence-corrected chi connectivity index (χ0v) is 12.0. The van der Waals surface area contributed by atoms with Crippen LogP contribution in [-0.2, 0) is 9.53 Å². The van der Waals surface area contributed by atoms with Crippen LogP contribution in [-0.4, -0.2) is 12.6 Å². The van der Waals surface area contributed by atoms with E-state index in [2.05, 4.69) is 19.1 Å². The molecule has 0 N–H and O–H groups in total. The van der Waals surface area contributed by atoms with E-state index in [9.17, 15) is 4.79 Å². The van der Waals surface area contributed by atoms with Crippen molar-refractivity contribution in [3.05, 3.63) is 24.3 Å². The van der Waals surface area contributed by atoms with Crippen molar-refractivity contribution in [2.75, 3.05) is 6.61 Å². The van der Waals surface area contributed by atoms with Gasteiger partial charge in [-0.2, -0.15) is 0 Å². The van der Waals surface area contributed by atoms with Crippen LogP contribution in [0.1, 0.15) is 65.2 Å². The molecule has 0 aliphatic heterocycles. The largest absolute Gasteiger partial charge is 0.466 e. The first-order valence-corrected chi connectivity index (χ1v) is 7.22. The number of esters is 1. The Morgan fingerprint density at radius 3 is 2.22 bits per heavy atom. The Kier molecular flexibility index (Phi) is 13.2. The van der Waals surface area contributed by atoms with Crippen molar-refractivity contribution in [3.8, 4) is 0 Å². The van der Waals surface area contributed by atoms with Crippen molar-refractivity contribution in [2.24, 2.45) is 0 Å². The van der Waals surface area contributed by atoms with E-state index >= 15 is 0 Å². The third kappa shape index (κ3) is 14.9. The Hall–Kier alpha value is -1.05. The molecule has 0 aromatic carbocycles. The van der Waals surface area contributed by atoms with E-state index in [1.807, 2.05) is 12.2 Å². The molecule has 0 aromatic heterocycles. The molecule has 0 heterocycles. The van der Waals surface area contributed by atoms with Gasteiger partial charge in [0.2, 0.25) is 0 Å². The summed E-state index contributed by atoms with van der Waals surface area (Å²) >= 11 is 0. The lowest BCUT2D eigenvalue weighted by Gasteiger charge is -1.97. The summed E-state index contributed by atoms with van der Waals surface area (Å²) in [6.45, 7) is 4.16. The van der Waals surface area contributed by atoms with Gasteiger partial charge in [-0.25, -0.2) is 0 Å². The second-order valence-electron chi connectivity index (χ2n) is 4.54. The van der Waals surface area contributed by atoms with Crippen molar-refractivity contribution in [2.45, 2.75) is 65.2 Å². The Labute approximate surface area is 112 Å². The number of carbonyl (C=O) groups excluding carboxylic acids is 1. The first kappa shape index (κ1) is 16.9. The van der Waals surface area contributed by atoms with Gasteiger partial charge in [0.05, 0.1) is 6.61 Å². The highest BCUT2D eigenvalue weighted by atomic mass is 16.5. The van der Waals surface area contributed by atoms with Crippen LogP contribution in [0.25, 0.3) is 0 Å². The highest BCUT2D eigenvalue weighted by Crippen LogP contribution is 2.07. The van der Waals surface area contributed by atoms with Crippen LogP contribution >= 0.6 is 0 Å². The van der Waals surface area contributed by atoms with E-state index in [-0.39, 0.29) is 5.97 Å². The van der Waals surface area contributed by atoms with E-state index < -0.39 is 0 Å². The van der Waals surface area contributed by atoms with Gasteiger partial charge in [0.15, 0.2) is 0 Å². The smallest absolute Gasteiger partial charge is 0.302 e. The van der Waals surface area contributed by atoms with Gasteiger partial charge in [-0.05, 0) is 19.3 Å². The van der Waals surface area contributed by atoms with Crippen LogP contribution in [0.4, 0.5) is 0 Å². The predicted octanol–water partition coefficient (Wildman–Crippen LogP) is 4.80. The molecular formula is C16H28O2. The molecule has 0 aromatic rings. The highest BCUT2D eigenvalue weighted by molar-refractivity contribution is 5.65. The lowest BCUT2D eigenvalue weighted by Crippen LogP contribution is -1.98. The van der Waals surface area contributed by atoms with Gasteiger partial charge in [-0.1, -0.05) is 63.3 Å². The molecule has 0 unspecified atom stereocenters. The van der Waals surface area contributed by atoms with E-state index in [0.717, 1.165) is 6.42 Å². The van der Waals surface area contributed by atoms with Crippen molar-refractivity contribution in [1.82, 2.24) is 0 Å². The number of ether oxygens (including phenoxy) is 1. The minimum Gasteiger partial charge on any atom is -0.466 e. The molecule has 2 nitrogen and oxygen atoms in total. The van der Waals surface area contributed by atoms with Crippen LogP contribution in [0, 0.1) is 0 Å². The first-order chi connectivity index (χ1) is 8.77.